The fourth-order valence-corrected chi connectivity index (χ4v) is 2.50. The van der Waals surface area contributed by atoms with E-state index in [1.807, 2.05) is 38.1 Å². The zero-order valence-electron chi connectivity index (χ0n) is 13.2. The van der Waals surface area contributed by atoms with Crippen LogP contribution in [0.2, 0.25) is 18.1 Å². The SMILES string of the molecule is CC(C)(C=O)c1cccc(O[Si](C)(C)C(C)(C)C)c1. The van der Waals surface area contributed by atoms with Gasteiger partial charge in [0.2, 0.25) is 8.32 Å². The van der Waals surface area contributed by atoms with Crippen molar-refractivity contribution in [1.82, 2.24) is 0 Å². The molecule has 0 aliphatic heterocycles. The normalized spacial score (nSPS) is 13.2. The molecule has 0 radical (unpaired) electrons. The van der Waals surface area contributed by atoms with E-state index in [4.69, 9.17) is 4.43 Å². The van der Waals surface area contributed by atoms with Crippen LogP contribution in [0.15, 0.2) is 24.3 Å². The van der Waals surface area contributed by atoms with Crippen molar-refractivity contribution in [2.24, 2.45) is 0 Å². The van der Waals surface area contributed by atoms with Crippen molar-refractivity contribution in [2.45, 2.75) is 58.2 Å². The number of carbonyl (C=O) groups is 1. The molecule has 0 aliphatic carbocycles. The van der Waals surface area contributed by atoms with E-state index in [2.05, 4.69) is 33.9 Å². The zero-order chi connectivity index (χ0) is 14.9. The molecule has 1 rings (SSSR count). The molecule has 0 atom stereocenters. The topological polar surface area (TPSA) is 26.3 Å². The van der Waals surface area contributed by atoms with E-state index in [0.717, 1.165) is 17.6 Å². The number of rotatable bonds is 4. The van der Waals surface area contributed by atoms with E-state index in [9.17, 15) is 4.79 Å². The number of aldehydes is 1. The molecule has 0 spiro atoms. The Morgan fingerprint density at radius 2 is 1.68 bits per heavy atom. The minimum atomic E-state index is -1.83. The average Bonchev–Trinajstić information content (AvgIpc) is 2.27. The second-order valence-corrected chi connectivity index (χ2v) is 12.0. The Morgan fingerprint density at radius 3 is 2.16 bits per heavy atom. The first-order chi connectivity index (χ1) is 8.49. The van der Waals surface area contributed by atoms with Crippen LogP contribution in [-0.4, -0.2) is 14.6 Å². The molecule has 3 heteroatoms. The highest BCUT2D eigenvalue weighted by Crippen LogP contribution is 2.37. The summed E-state index contributed by atoms with van der Waals surface area (Å²) in [6.07, 6.45) is 0.985. The van der Waals surface area contributed by atoms with E-state index in [0.29, 0.717) is 0 Å². The van der Waals surface area contributed by atoms with Gasteiger partial charge in [0.1, 0.15) is 12.0 Å². The van der Waals surface area contributed by atoms with Crippen LogP contribution in [0.25, 0.3) is 0 Å². The van der Waals surface area contributed by atoms with E-state index in [-0.39, 0.29) is 5.04 Å². The van der Waals surface area contributed by atoms with Crippen LogP contribution >= 0.6 is 0 Å². The van der Waals surface area contributed by atoms with Gasteiger partial charge in [0, 0.05) is 5.41 Å². The van der Waals surface area contributed by atoms with Gasteiger partial charge in [0.25, 0.3) is 0 Å². The third-order valence-corrected chi connectivity index (χ3v) is 8.41. The Kier molecular flexibility index (Phi) is 4.30. The molecular formula is C16H26O2Si. The highest BCUT2D eigenvalue weighted by molar-refractivity contribution is 6.74. The molecule has 0 heterocycles. The first-order valence-electron chi connectivity index (χ1n) is 6.75. The second-order valence-electron chi connectivity index (χ2n) is 7.23. The molecule has 0 saturated carbocycles. The largest absolute Gasteiger partial charge is 0.543 e. The van der Waals surface area contributed by atoms with Crippen LogP contribution in [0, 0.1) is 0 Å². The van der Waals surface area contributed by atoms with Gasteiger partial charge in [-0.05, 0) is 49.7 Å². The molecule has 0 aliphatic rings. The van der Waals surface area contributed by atoms with Crippen molar-refractivity contribution in [3.63, 3.8) is 0 Å². The van der Waals surface area contributed by atoms with Gasteiger partial charge in [-0.25, -0.2) is 0 Å². The minimum absolute atomic E-state index is 0.170. The molecule has 0 amide bonds. The van der Waals surface area contributed by atoms with Gasteiger partial charge in [-0.1, -0.05) is 32.9 Å². The second kappa shape index (κ2) is 5.12. The summed E-state index contributed by atoms with van der Waals surface area (Å²) in [4.78, 5) is 11.2. The van der Waals surface area contributed by atoms with Crippen molar-refractivity contribution >= 4 is 14.6 Å². The molecule has 1 aromatic carbocycles. The molecule has 1 aromatic rings. The lowest BCUT2D eigenvalue weighted by Gasteiger charge is -2.36. The maximum atomic E-state index is 11.2. The molecule has 0 N–H and O–H groups in total. The predicted octanol–water partition coefficient (Wildman–Crippen LogP) is 4.55. The number of hydrogen-bond acceptors (Lipinski definition) is 2. The standard InChI is InChI=1S/C16H26O2Si/c1-15(2,3)19(6,7)18-14-10-8-9-13(11-14)16(4,5)12-17/h8-12H,1-7H3. The number of hydrogen-bond donors (Lipinski definition) is 0. The summed E-state index contributed by atoms with van der Waals surface area (Å²) in [6.45, 7) is 15.0. The quantitative estimate of drug-likeness (QED) is 0.596. The van der Waals surface area contributed by atoms with Gasteiger partial charge in [-0.15, -0.1) is 0 Å². The van der Waals surface area contributed by atoms with E-state index in [1.54, 1.807) is 0 Å². The van der Waals surface area contributed by atoms with Gasteiger partial charge < -0.3 is 9.22 Å². The Bertz CT molecular complexity index is 456. The summed E-state index contributed by atoms with van der Waals surface area (Å²) in [5.74, 6) is 0.874. The predicted molar refractivity (Wildman–Crippen MR) is 83.4 cm³/mol. The maximum Gasteiger partial charge on any atom is 0.250 e. The monoisotopic (exact) mass is 278 g/mol. The van der Waals surface area contributed by atoms with Crippen LogP contribution in [-0.2, 0) is 10.2 Å². The summed E-state index contributed by atoms with van der Waals surface area (Å²) in [6, 6.07) is 7.91. The van der Waals surface area contributed by atoms with Gasteiger partial charge in [0.15, 0.2) is 0 Å². The Balaban J connectivity index is 3.05. The van der Waals surface area contributed by atoms with E-state index >= 15 is 0 Å². The lowest BCUT2D eigenvalue weighted by molar-refractivity contribution is -0.111. The average molecular weight is 278 g/mol. The molecular weight excluding hydrogens is 252 g/mol. The van der Waals surface area contributed by atoms with Gasteiger partial charge in [-0.3, -0.25) is 0 Å². The van der Waals surface area contributed by atoms with Crippen LogP contribution < -0.4 is 4.43 Å². The smallest absolute Gasteiger partial charge is 0.250 e. The van der Waals surface area contributed by atoms with Crippen molar-refractivity contribution in [2.75, 3.05) is 0 Å². The molecule has 0 saturated heterocycles. The summed E-state index contributed by atoms with van der Waals surface area (Å²) < 4.78 is 6.27. The minimum Gasteiger partial charge on any atom is -0.543 e. The number of benzene rings is 1. The number of carbonyl (C=O) groups excluding carboxylic acids is 1. The molecule has 2 nitrogen and oxygen atoms in total. The van der Waals surface area contributed by atoms with Gasteiger partial charge in [0.05, 0.1) is 0 Å². The molecule has 0 fully saturated rings. The van der Waals surface area contributed by atoms with E-state index < -0.39 is 13.7 Å². The van der Waals surface area contributed by atoms with Gasteiger partial charge in [-0.2, -0.15) is 0 Å². The summed E-state index contributed by atoms with van der Waals surface area (Å²) in [5, 5.41) is 0.170. The van der Waals surface area contributed by atoms with Crippen molar-refractivity contribution in [3.05, 3.63) is 29.8 Å². The van der Waals surface area contributed by atoms with Crippen LogP contribution in [0.1, 0.15) is 40.2 Å². The third-order valence-electron chi connectivity index (χ3n) is 4.05. The lowest BCUT2D eigenvalue weighted by atomic mass is 9.86. The highest BCUT2D eigenvalue weighted by atomic mass is 28.4. The molecule has 0 bridgehead atoms. The Morgan fingerprint density at radius 1 is 1.11 bits per heavy atom. The Hall–Kier alpha value is -1.09. The fourth-order valence-electron chi connectivity index (χ4n) is 1.48. The summed E-state index contributed by atoms with van der Waals surface area (Å²) >= 11 is 0. The highest BCUT2D eigenvalue weighted by Gasteiger charge is 2.39. The van der Waals surface area contributed by atoms with Crippen molar-refractivity contribution < 1.29 is 9.22 Å². The van der Waals surface area contributed by atoms with E-state index in [1.165, 1.54) is 0 Å². The summed E-state index contributed by atoms with van der Waals surface area (Å²) in [5.41, 5.74) is 0.533. The lowest BCUT2D eigenvalue weighted by Crippen LogP contribution is -2.43. The van der Waals surface area contributed by atoms with Crippen LogP contribution in [0.5, 0.6) is 5.75 Å². The van der Waals surface area contributed by atoms with Crippen molar-refractivity contribution in [1.29, 1.82) is 0 Å². The molecule has 19 heavy (non-hydrogen) atoms. The van der Waals surface area contributed by atoms with Crippen molar-refractivity contribution in [3.8, 4) is 5.75 Å². The Labute approximate surface area is 118 Å². The summed E-state index contributed by atoms with van der Waals surface area (Å²) in [7, 11) is -1.83. The molecule has 0 aromatic heterocycles. The van der Waals surface area contributed by atoms with Crippen LogP contribution in [0.4, 0.5) is 0 Å². The maximum absolute atomic E-state index is 11.2. The van der Waals surface area contributed by atoms with Crippen LogP contribution in [0.3, 0.4) is 0 Å². The molecule has 106 valence electrons. The third kappa shape index (κ3) is 3.69. The first kappa shape index (κ1) is 16.0. The molecule has 0 unspecified atom stereocenters. The zero-order valence-corrected chi connectivity index (χ0v) is 14.2. The fraction of sp³-hybridized carbons (Fsp3) is 0.562. The van der Waals surface area contributed by atoms with Gasteiger partial charge >= 0.3 is 0 Å². The first-order valence-corrected chi connectivity index (χ1v) is 9.66.